The number of nitrogens with one attached hydrogen (secondary N) is 1. The van der Waals surface area contributed by atoms with Crippen LogP contribution in [-0.2, 0) is 15.3 Å². The largest absolute Gasteiger partial charge is 0.573 e. The van der Waals surface area contributed by atoms with Gasteiger partial charge in [-0.15, -0.1) is 13.2 Å². The van der Waals surface area contributed by atoms with Crippen molar-refractivity contribution in [3.05, 3.63) is 72.6 Å². The van der Waals surface area contributed by atoms with Crippen molar-refractivity contribution in [1.82, 2.24) is 9.97 Å². The second kappa shape index (κ2) is 9.55. The molecule has 34 heavy (non-hydrogen) atoms. The minimum absolute atomic E-state index is 0.0260. The van der Waals surface area contributed by atoms with Gasteiger partial charge in [0.05, 0.1) is 12.2 Å². The molecule has 2 aromatic carbocycles. The molecule has 0 radical (unpaired) electrons. The monoisotopic (exact) mass is 487 g/mol. The molecule has 0 amide bonds. The van der Waals surface area contributed by atoms with Crippen LogP contribution in [0, 0.1) is 0 Å². The normalized spacial score (nSPS) is 13.6. The van der Waals surface area contributed by atoms with E-state index < -0.39 is 36.6 Å². The molecule has 0 saturated heterocycles. The number of carbonyl (C=O) groups is 1. The molecule has 1 unspecified atom stereocenters. The summed E-state index contributed by atoms with van der Waals surface area (Å²) in [6, 6.07) is 13.0. The van der Waals surface area contributed by atoms with Gasteiger partial charge in [-0.25, -0.2) is 14.8 Å². The second-order valence-electron chi connectivity index (χ2n) is 6.75. The number of halogens is 6. The lowest BCUT2D eigenvalue weighted by Gasteiger charge is -2.29. The summed E-state index contributed by atoms with van der Waals surface area (Å²) in [7, 11) is 0. The molecule has 0 saturated carbocycles. The van der Waals surface area contributed by atoms with Gasteiger partial charge < -0.3 is 19.9 Å². The second-order valence-corrected chi connectivity index (χ2v) is 6.75. The Kier molecular flexibility index (Phi) is 6.96. The molecule has 1 atom stereocenters. The molecule has 1 aromatic heterocycles. The summed E-state index contributed by atoms with van der Waals surface area (Å²) >= 11 is 0. The van der Waals surface area contributed by atoms with E-state index in [1.54, 1.807) is 6.07 Å². The Morgan fingerprint density at radius 1 is 0.941 bits per heavy atom. The van der Waals surface area contributed by atoms with E-state index in [0.717, 1.165) is 18.5 Å². The number of rotatable bonds is 7. The van der Waals surface area contributed by atoms with Crippen LogP contribution in [-0.4, -0.2) is 40.1 Å². The summed E-state index contributed by atoms with van der Waals surface area (Å²) in [5, 5.41) is 13.3. The Hall–Kier alpha value is -3.87. The molecule has 0 fully saturated rings. The van der Waals surface area contributed by atoms with Crippen molar-refractivity contribution in [2.24, 2.45) is 0 Å². The standard InChI is InChI=1S/C21H15F6N3O4/c22-20(23,24)18(31)34-19(32,14-4-2-1-3-5-14)11-28-17-10-16(29-12-30-17)13-6-8-15(9-7-13)33-21(25,26)27/h1-10,12,32H,11H2,(H,28,29,30). The molecular formula is C21H15F6N3O4. The van der Waals surface area contributed by atoms with Gasteiger partial charge in [0, 0.05) is 17.2 Å². The van der Waals surface area contributed by atoms with Crippen molar-refractivity contribution in [1.29, 1.82) is 0 Å². The fraction of sp³-hybridized carbons (Fsp3) is 0.190. The number of aliphatic hydroxyl groups is 1. The van der Waals surface area contributed by atoms with Crippen LogP contribution >= 0.6 is 0 Å². The van der Waals surface area contributed by atoms with E-state index in [2.05, 4.69) is 24.8 Å². The van der Waals surface area contributed by atoms with Gasteiger partial charge in [0.25, 0.3) is 5.79 Å². The van der Waals surface area contributed by atoms with Crippen LogP contribution < -0.4 is 10.1 Å². The number of hydrogen-bond donors (Lipinski definition) is 2. The van der Waals surface area contributed by atoms with Gasteiger partial charge >= 0.3 is 18.5 Å². The number of ether oxygens (including phenoxy) is 2. The summed E-state index contributed by atoms with van der Waals surface area (Å²) in [4.78, 5) is 19.2. The fourth-order valence-electron chi connectivity index (χ4n) is 2.76. The molecule has 1 heterocycles. The van der Waals surface area contributed by atoms with E-state index >= 15 is 0 Å². The molecule has 0 aliphatic heterocycles. The van der Waals surface area contributed by atoms with Crippen LogP contribution in [0.25, 0.3) is 11.3 Å². The van der Waals surface area contributed by atoms with Gasteiger partial charge in [0.2, 0.25) is 0 Å². The molecule has 2 N–H and O–H groups in total. The highest BCUT2D eigenvalue weighted by Crippen LogP contribution is 2.29. The number of benzene rings is 2. The van der Waals surface area contributed by atoms with Gasteiger partial charge in [-0.1, -0.05) is 30.3 Å². The van der Waals surface area contributed by atoms with Crippen LogP contribution in [0.15, 0.2) is 67.0 Å². The average Bonchev–Trinajstić information content (AvgIpc) is 2.77. The van der Waals surface area contributed by atoms with E-state index in [1.807, 2.05) is 0 Å². The smallest absolute Gasteiger partial charge is 0.420 e. The lowest BCUT2D eigenvalue weighted by molar-refractivity contribution is -0.274. The first kappa shape index (κ1) is 24.8. The quantitative estimate of drug-likeness (QED) is 0.290. The number of hydrogen-bond acceptors (Lipinski definition) is 7. The van der Waals surface area contributed by atoms with Crippen molar-refractivity contribution in [2.75, 3.05) is 11.9 Å². The first-order chi connectivity index (χ1) is 15.9. The highest BCUT2D eigenvalue weighted by atomic mass is 19.4. The van der Waals surface area contributed by atoms with E-state index in [0.29, 0.717) is 5.56 Å². The van der Waals surface area contributed by atoms with Gasteiger partial charge in [0.15, 0.2) is 0 Å². The van der Waals surface area contributed by atoms with Crippen molar-refractivity contribution >= 4 is 11.8 Å². The predicted molar refractivity (Wildman–Crippen MR) is 105 cm³/mol. The van der Waals surface area contributed by atoms with Gasteiger partial charge in [0.1, 0.15) is 17.9 Å². The first-order valence-electron chi connectivity index (χ1n) is 9.36. The van der Waals surface area contributed by atoms with Crippen LogP contribution in [0.5, 0.6) is 5.75 Å². The van der Waals surface area contributed by atoms with Gasteiger partial charge in [-0.05, 0) is 24.3 Å². The number of esters is 1. The number of aromatic nitrogens is 2. The van der Waals surface area contributed by atoms with Crippen molar-refractivity contribution in [2.45, 2.75) is 18.3 Å². The topological polar surface area (TPSA) is 93.6 Å². The van der Waals surface area contributed by atoms with E-state index in [4.69, 9.17) is 0 Å². The molecule has 0 spiro atoms. The van der Waals surface area contributed by atoms with Crippen molar-refractivity contribution in [3.8, 4) is 17.0 Å². The third kappa shape index (κ3) is 6.57. The summed E-state index contributed by atoms with van der Waals surface area (Å²) in [6.45, 7) is -0.715. The average molecular weight is 487 g/mol. The lowest BCUT2D eigenvalue weighted by Crippen LogP contribution is -2.42. The third-order valence-electron chi connectivity index (χ3n) is 4.28. The minimum atomic E-state index is -5.34. The molecule has 3 aromatic rings. The summed E-state index contributed by atoms with van der Waals surface area (Å²) in [5.74, 6) is -5.71. The van der Waals surface area contributed by atoms with Gasteiger partial charge in [-0.3, -0.25) is 0 Å². The Balaban J connectivity index is 1.79. The summed E-state index contributed by atoms with van der Waals surface area (Å²) in [5.41, 5.74) is 0.489. The molecule has 7 nitrogen and oxygen atoms in total. The number of alkyl halides is 6. The van der Waals surface area contributed by atoms with Crippen molar-refractivity contribution in [3.63, 3.8) is 0 Å². The van der Waals surface area contributed by atoms with Crippen LogP contribution in [0.4, 0.5) is 32.2 Å². The SMILES string of the molecule is O=C(OC(O)(CNc1cc(-c2ccc(OC(F)(F)F)cc2)ncn1)c1ccccc1)C(F)(F)F. The zero-order chi connectivity index (χ0) is 25.0. The highest BCUT2D eigenvalue weighted by Gasteiger charge is 2.46. The third-order valence-corrected chi connectivity index (χ3v) is 4.28. The van der Waals surface area contributed by atoms with Crippen LogP contribution in [0.3, 0.4) is 0 Å². The predicted octanol–water partition coefficient (Wildman–Crippen LogP) is 4.40. The number of nitrogens with zero attached hydrogens (tertiary/aromatic N) is 2. The maximum Gasteiger partial charge on any atom is 0.573 e. The lowest BCUT2D eigenvalue weighted by atomic mass is 10.1. The van der Waals surface area contributed by atoms with E-state index in [1.165, 1.54) is 42.5 Å². The molecule has 0 aliphatic carbocycles. The number of anilines is 1. The van der Waals surface area contributed by atoms with Crippen LogP contribution in [0.1, 0.15) is 5.56 Å². The van der Waals surface area contributed by atoms with Crippen LogP contribution in [0.2, 0.25) is 0 Å². The number of carbonyl (C=O) groups excluding carboxylic acids is 1. The van der Waals surface area contributed by atoms with E-state index in [9.17, 15) is 36.2 Å². The molecule has 3 rings (SSSR count). The Morgan fingerprint density at radius 3 is 2.18 bits per heavy atom. The Bertz CT molecular complexity index is 1120. The Labute approximate surface area is 188 Å². The molecule has 13 heteroatoms. The maximum absolute atomic E-state index is 12.7. The van der Waals surface area contributed by atoms with Crippen molar-refractivity contribution < 1.29 is 45.7 Å². The fourth-order valence-corrected chi connectivity index (χ4v) is 2.76. The highest BCUT2D eigenvalue weighted by molar-refractivity contribution is 5.76. The molecular weight excluding hydrogens is 472 g/mol. The summed E-state index contributed by atoms with van der Waals surface area (Å²) in [6.07, 6.45) is -9.10. The molecule has 180 valence electrons. The van der Waals surface area contributed by atoms with Gasteiger partial charge in [-0.2, -0.15) is 13.2 Å². The minimum Gasteiger partial charge on any atom is -0.420 e. The molecule has 0 aliphatic rings. The molecule has 0 bridgehead atoms. The maximum atomic E-state index is 12.7. The zero-order valence-corrected chi connectivity index (χ0v) is 16.9. The first-order valence-corrected chi connectivity index (χ1v) is 9.36. The summed E-state index contributed by atoms with van der Waals surface area (Å²) < 4.78 is 83.2. The Morgan fingerprint density at radius 2 is 1.59 bits per heavy atom. The van der Waals surface area contributed by atoms with E-state index in [-0.39, 0.29) is 17.1 Å². The zero-order valence-electron chi connectivity index (χ0n) is 16.9.